The molecule has 1 aromatic carbocycles. The predicted molar refractivity (Wildman–Crippen MR) is 120 cm³/mol. The van der Waals surface area contributed by atoms with Gasteiger partial charge in [0.15, 0.2) is 5.96 Å². The summed E-state index contributed by atoms with van der Waals surface area (Å²) in [5.41, 5.74) is 1.26. The summed E-state index contributed by atoms with van der Waals surface area (Å²) in [4.78, 5) is 7.46. The molecule has 1 fully saturated rings. The Hall–Kier alpha value is -2.61. The summed E-state index contributed by atoms with van der Waals surface area (Å²) in [5, 5.41) is 15.0. The van der Waals surface area contributed by atoms with Crippen LogP contribution in [0.25, 0.3) is 0 Å². The molecule has 2 aromatic rings. The maximum atomic E-state index is 5.45. The number of methoxy groups -OCH3 is 1. The topological polar surface area (TPSA) is 79.6 Å². The normalized spacial score (nSPS) is 15.9. The lowest BCUT2D eigenvalue weighted by Crippen LogP contribution is -2.39. The molecule has 0 amide bonds. The average Bonchev–Trinajstić information content (AvgIpc) is 3.46. The number of aryl methyl sites for hydroxylation is 1. The van der Waals surface area contributed by atoms with Gasteiger partial charge in [0.2, 0.25) is 0 Å². The standard InChI is InChI=1S/C22H35N7O/c1-4-21-27-26-17-29(21)14-11-24-22(23-5-2)25-16-20(28-12-6-7-13-28)18-9-8-10-19(15-18)30-3/h8-10,15,17,20H,4-7,11-14,16H2,1-3H3,(H2,23,24,25). The van der Waals surface area contributed by atoms with Gasteiger partial charge in [-0.1, -0.05) is 19.1 Å². The van der Waals surface area contributed by atoms with Crippen molar-refractivity contribution >= 4 is 5.96 Å². The number of hydrogen-bond donors (Lipinski definition) is 2. The van der Waals surface area contributed by atoms with Gasteiger partial charge in [0.25, 0.3) is 0 Å². The number of aromatic nitrogens is 3. The van der Waals surface area contributed by atoms with Crippen LogP contribution in [0.5, 0.6) is 5.75 Å². The molecule has 1 atom stereocenters. The van der Waals surface area contributed by atoms with Crippen molar-refractivity contribution in [3.05, 3.63) is 42.0 Å². The summed E-state index contributed by atoms with van der Waals surface area (Å²) < 4.78 is 7.53. The van der Waals surface area contributed by atoms with Crippen LogP contribution < -0.4 is 15.4 Å². The van der Waals surface area contributed by atoms with Crippen molar-refractivity contribution in [2.24, 2.45) is 4.99 Å². The van der Waals surface area contributed by atoms with Gasteiger partial charge in [-0.15, -0.1) is 10.2 Å². The second-order valence-corrected chi connectivity index (χ2v) is 7.48. The van der Waals surface area contributed by atoms with Gasteiger partial charge in [-0.25, -0.2) is 0 Å². The van der Waals surface area contributed by atoms with Crippen molar-refractivity contribution in [1.82, 2.24) is 30.3 Å². The molecule has 1 aliphatic heterocycles. The maximum Gasteiger partial charge on any atom is 0.191 e. The quantitative estimate of drug-likeness (QED) is 0.459. The van der Waals surface area contributed by atoms with E-state index in [1.54, 1.807) is 13.4 Å². The van der Waals surface area contributed by atoms with Crippen LogP contribution in [0.4, 0.5) is 0 Å². The third-order valence-corrected chi connectivity index (χ3v) is 5.48. The Kier molecular flexibility index (Phi) is 8.50. The van der Waals surface area contributed by atoms with E-state index in [-0.39, 0.29) is 6.04 Å². The summed E-state index contributed by atoms with van der Waals surface area (Å²) in [6, 6.07) is 8.63. The summed E-state index contributed by atoms with van der Waals surface area (Å²) in [6.07, 6.45) is 5.17. The zero-order chi connectivity index (χ0) is 21.2. The van der Waals surface area contributed by atoms with Crippen molar-refractivity contribution in [3.63, 3.8) is 0 Å². The van der Waals surface area contributed by atoms with Crippen LogP contribution in [-0.2, 0) is 13.0 Å². The first-order valence-electron chi connectivity index (χ1n) is 11.0. The van der Waals surface area contributed by atoms with Gasteiger partial charge in [-0.3, -0.25) is 9.89 Å². The van der Waals surface area contributed by atoms with E-state index in [4.69, 9.17) is 9.73 Å². The van der Waals surface area contributed by atoms with Crippen LogP contribution in [0.15, 0.2) is 35.6 Å². The highest BCUT2D eigenvalue weighted by Crippen LogP contribution is 2.27. The van der Waals surface area contributed by atoms with Gasteiger partial charge in [0.1, 0.15) is 17.9 Å². The molecule has 0 radical (unpaired) electrons. The zero-order valence-corrected chi connectivity index (χ0v) is 18.5. The van der Waals surface area contributed by atoms with Gasteiger partial charge in [0.05, 0.1) is 19.7 Å². The molecule has 8 nitrogen and oxygen atoms in total. The Balaban J connectivity index is 1.67. The fraction of sp³-hybridized carbons (Fsp3) is 0.591. The minimum atomic E-state index is 0.252. The van der Waals surface area contributed by atoms with Gasteiger partial charge in [0, 0.05) is 26.1 Å². The highest BCUT2D eigenvalue weighted by atomic mass is 16.5. The minimum Gasteiger partial charge on any atom is -0.497 e. The van der Waals surface area contributed by atoms with E-state index in [1.165, 1.54) is 18.4 Å². The number of benzene rings is 1. The summed E-state index contributed by atoms with van der Waals surface area (Å²) in [6.45, 7) is 9.53. The van der Waals surface area contributed by atoms with Gasteiger partial charge < -0.3 is 19.9 Å². The first-order valence-corrected chi connectivity index (χ1v) is 11.0. The fourth-order valence-electron chi connectivity index (χ4n) is 3.89. The third kappa shape index (κ3) is 5.95. The second-order valence-electron chi connectivity index (χ2n) is 7.48. The molecule has 2 heterocycles. The molecule has 1 saturated heterocycles. The molecular formula is C22H35N7O. The van der Waals surface area contributed by atoms with Crippen molar-refractivity contribution < 1.29 is 4.74 Å². The largest absolute Gasteiger partial charge is 0.497 e. The molecule has 3 rings (SSSR count). The van der Waals surface area contributed by atoms with Gasteiger partial charge in [-0.05, 0) is 50.6 Å². The molecule has 164 valence electrons. The Morgan fingerprint density at radius 3 is 2.80 bits per heavy atom. The number of rotatable bonds is 10. The lowest BCUT2D eigenvalue weighted by molar-refractivity contribution is 0.251. The summed E-state index contributed by atoms with van der Waals surface area (Å²) in [5.74, 6) is 2.74. The number of guanidine groups is 1. The van der Waals surface area contributed by atoms with Crippen LogP contribution in [0.3, 0.4) is 0 Å². The molecule has 1 aliphatic rings. The van der Waals surface area contributed by atoms with E-state index in [0.717, 1.165) is 56.7 Å². The number of likely N-dealkylation sites (tertiary alicyclic amines) is 1. The summed E-state index contributed by atoms with van der Waals surface area (Å²) >= 11 is 0. The molecule has 0 aliphatic carbocycles. The van der Waals surface area contributed by atoms with Crippen LogP contribution in [-0.4, -0.2) is 65.5 Å². The molecular weight excluding hydrogens is 378 g/mol. The number of hydrogen-bond acceptors (Lipinski definition) is 5. The second kappa shape index (κ2) is 11.5. The minimum absolute atomic E-state index is 0.252. The lowest BCUT2D eigenvalue weighted by Gasteiger charge is -2.27. The van der Waals surface area contributed by atoms with E-state index >= 15 is 0 Å². The Morgan fingerprint density at radius 1 is 1.23 bits per heavy atom. The first-order chi connectivity index (χ1) is 14.7. The molecule has 30 heavy (non-hydrogen) atoms. The monoisotopic (exact) mass is 413 g/mol. The summed E-state index contributed by atoms with van der Waals surface area (Å²) in [7, 11) is 1.72. The Morgan fingerprint density at radius 2 is 2.07 bits per heavy atom. The van der Waals surface area contributed by atoms with Crippen molar-refractivity contribution in [1.29, 1.82) is 0 Å². The van der Waals surface area contributed by atoms with E-state index in [0.29, 0.717) is 6.54 Å². The van der Waals surface area contributed by atoms with Crippen LogP contribution in [0, 0.1) is 0 Å². The smallest absolute Gasteiger partial charge is 0.191 e. The van der Waals surface area contributed by atoms with Crippen LogP contribution in [0.1, 0.15) is 44.1 Å². The number of aliphatic imine (C=N–C) groups is 1. The molecule has 1 unspecified atom stereocenters. The Bertz CT molecular complexity index is 798. The molecule has 0 saturated carbocycles. The highest BCUT2D eigenvalue weighted by molar-refractivity contribution is 5.79. The van der Waals surface area contributed by atoms with E-state index < -0.39 is 0 Å². The number of nitrogens with zero attached hydrogens (tertiary/aromatic N) is 5. The van der Waals surface area contributed by atoms with Crippen LogP contribution >= 0.6 is 0 Å². The average molecular weight is 414 g/mol. The van der Waals surface area contributed by atoms with E-state index in [2.05, 4.69) is 62.3 Å². The molecule has 0 bridgehead atoms. The van der Waals surface area contributed by atoms with Gasteiger partial charge >= 0.3 is 0 Å². The van der Waals surface area contributed by atoms with Crippen molar-refractivity contribution in [3.8, 4) is 5.75 Å². The van der Waals surface area contributed by atoms with E-state index in [9.17, 15) is 0 Å². The molecule has 0 spiro atoms. The molecule has 8 heteroatoms. The van der Waals surface area contributed by atoms with Gasteiger partial charge in [-0.2, -0.15) is 0 Å². The van der Waals surface area contributed by atoms with Crippen molar-refractivity contribution in [2.75, 3.05) is 39.8 Å². The lowest BCUT2D eigenvalue weighted by atomic mass is 10.1. The highest BCUT2D eigenvalue weighted by Gasteiger charge is 2.23. The Labute approximate surface area is 179 Å². The maximum absolute atomic E-state index is 5.45. The van der Waals surface area contributed by atoms with E-state index in [1.807, 2.05) is 6.07 Å². The molecule has 1 aromatic heterocycles. The first kappa shape index (κ1) is 22.1. The predicted octanol–water partition coefficient (Wildman–Crippen LogP) is 2.24. The third-order valence-electron chi connectivity index (χ3n) is 5.48. The zero-order valence-electron chi connectivity index (χ0n) is 18.5. The SMILES string of the molecule is CCNC(=NCC(c1cccc(OC)c1)N1CCCC1)NCCn1cnnc1CC. The van der Waals surface area contributed by atoms with Crippen LogP contribution in [0.2, 0.25) is 0 Å². The number of nitrogens with one attached hydrogen (secondary N) is 2. The fourth-order valence-corrected chi connectivity index (χ4v) is 3.89. The molecule has 2 N–H and O–H groups in total. The van der Waals surface area contributed by atoms with Crippen molar-refractivity contribution in [2.45, 2.75) is 45.7 Å². The number of ether oxygens (including phenoxy) is 1.